The van der Waals surface area contributed by atoms with Crippen molar-refractivity contribution in [3.63, 3.8) is 0 Å². The van der Waals surface area contributed by atoms with Crippen molar-refractivity contribution in [2.45, 2.75) is 46.0 Å². The highest BCUT2D eigenvalue weighted by Crippen LogP contribution is 2.12. The van der Waals surface area contributed by atoms with Gasteiger partial charge in [0.1, 0.15) is 0 Å². The minimum Gasteiger partial charge on any atom is -0.0622 e. The van der Waals surface area contributed by atoms with E-state index in [9.17, 15) is 0 Å². The Hall–Kier alpha value is -0.780. The zero-order valence-electron chi connectivity index (χ0n) is 9.42. The van der Waals surface area contributed by atoms with Crippen LogP contribution in [0.1, 0.15) is 45.1 Å². The Morgan fingerprint density at radius 3 is 2.29 bits per heavy atom. The Kier molecular flexibility index (Phi) is 5.36. The fourth-order valence-electron chi connectivity index (χ4n) is 1.63. The molecule has 0 saturated carbocycles. The first-order chi connectivity index (χ1) is 6.79. The Bertz CT molecular complexity index is 223. The Morgan fingerprint density at radius 1 is 0.929 bits per heavy atom. The summed E-state index contributed by atoms with van der Waals surface area (Å²) < 4.78 is 0. The van der Waals surface area contributed by atoms with Crippen molar-refractivity contribution in [1.82, 2.24) is 0 Å². The van der Waals surface area contributed by atoms with Gasteiger partial charge in [-0.25, -0.2) is 0 Å². The molecule has 1 radical (unpaired) electrons. The molecule has 1 aromatic rings. The number of hydrogen-bond acceptors (Lipinski definition) is 0. The second-order valence-electron chi connectivity index (χ2n) is 4.25. The smallest absolute Gasteiger partial charge is 0.0279 e. The highest BCUT2D eigenvalue weighted by Gasteiger charge is 1.95. The van der Waals surface area contributed by atoms with Gasteiger partial charge in [-0.1, -0.05) is 57.0 Å². The maximum atomic E-state index is 2.22. The van der Waals surface area contributed by atoms with Gasteiger partial charge in [0.15, 0.2) is 0 Å². The molecule has 0 atom stereocenters. The summed E-state index contributed by atoms with van der Waals surface area (Å²) in [6, 6.07) is 10.8. The highest BCUT2D eigenvalue weighted by atomic mass is 14.0. The molecule has 0 saturated heterocycles. The molecule has 0 heterocycles. The number of aryl methyl sites for hydroxylation is 1. The van der Waals surface area contributed by atoms with Gasteiger partial charge >= 0.3 is 0 Å². The summed E-state index contributed by atoms with van der Waals surface area (Å²) in [7, 11) is 0. The van der Waals surface area contributed by atoms with Crippen LogP contribution in [0.4, 0.5) is 0 Å². The third-order valence-electron chi connectivity index (χ3n) is 2.49. The molecule has 0 amide bonds. The second-order valence-corrected chi connectivity index (χ2v) is 4.25. The highest BCUT2D eigenvalue weighted by molar-refractivity contribution is 5.14. The minimum atomic E-state index is 1.24. The van der Waals surface area contributed by atoms with E-state index >= 15 is 0 Å². The molecule has 0 nitrogen and oxygen atoms in total. The first-order valence-corrected chi connectivity index (χ1v) is 5.62. The van der Waals surface area contributed by atoms with E-state index in [0.717, 1.165) is 0 Å². The van der Waals surface area contributed by atoms with E-state index in [2.05, 4.69) is 44.2 Å². The van der Waals surface area contributed by atoms with Gasteiger partial charge in [-0.3, -0.25) is 0 Å². The molecule has 77 valence electrons. The first-order valence-electron chi connectivity index (χ1n) is 5.62. The van der Waals surface area contributed by atoms with Crippen molar-refractivity contribution in [2.24, 2.45) is 0 Å². The van der Waals surface area contributed by atoms with Crippen LogP contribution >= 0.6 is 0 Å². The number of hydrogen-bond donors (Lipinski definition) is 0. The van der Waals surface area contributed by atoms with Gasteiger partial charge in [0.25, 0.3) is 0 Å². The van der Waals surface area contributed by atoms with Gasteiger partial charge in [-0.05, 0) is 30.7 Å². The normalized spacial score (nSPS) is 10.8. The molecular weight excluding hydrogens is 168 g/mol. The molecule has 0 aliphatic carbocycles. The van der Waals surface area contributed by atoms with Crippen molar-refractivity contribution in [3.05, 3.63) is 41.8 Å². The number of unbranched alkanes of at least 4 members (excludes halogenated alkanes) is 2. The van der Waals surface area contributed by atoms with Crippen molar-refractivity contribution >= 4 is 0 Å². The number of benzene rings is 1. The van der Waals surface area contributed by atoms with Crippen LogP contribution < -0.4 is 0 Å². The van der Waals surface area contributed by atoms with Crippen molar-refractivity contribution in [3.8, 4) is 0 Å². The summed E-state index contributed by atoms with van der Waals surface area (Å²) in [5.74, 6) is 1.56. The summed E-state index contributed by atoms with van der Waals surface area (Å²) in [6.45, 7) is 4.44. The molecular formula is C14H21. The molecule has 0 fully saturated rings. The van der Waals surface area contributed by atoms with Crippen molar-refractivity contribution in [1.29, 1.82) is 0 Å². The lowest BCUT2D eigenvalue weighted by Crippen LogP contribution is -1.87. The summed E-state index contributed by atoms with van der Waals surface area (Å²) in [4.78, 5) is 0. The zero-order valence-corrected chi connectivity index (χ0v) is 9.42. The van der Waals surface area contributed by atoms with E-state index < -0.39 is 0 Å². The first kappa shape index (κ1) is 11.3. The molecule has 0 aromatic heterocycles. The topological polar surface area (TPSA) is 0 Å². The van der Waals surface area contributed by atoms with E-state index in [-0.39, 0.29) is 0 Å². The van der Waals surface area contributed by atoms with Crippen LogP contribution in [-0.4, -0.2) is 0 Å². The molecule has 0 spiro atoms. The van der Waals surface area contributed by atoms with Crippen molar-refractivity contribution < 1.29 is 0 Å². The Morgan fingerprint density at radius 2 is 1.64 bits per heavy atom. The fourth-order valence-corrected chi connectivity index (χ4v) is 1.63. The van der Waals surface area contributed by atoms with Crippen molar-refractivity contribution in [2.75, 3.05) is 0 Å². The largest absolute Gasteiger partial charge is 0.0622 e. The summed E-state index contributed by atoms with van der Waals surface area (Å²) in [5, 5.41) is 0. The maximum absolute atomic E-state index is 2.22. The lowest BCUT2D eigenvalue weighted by Gasteiger charge is -2.03. The third kappa shape index (κ3) is 5.06. The van der Waals surface area contributed by atoms with Gasteiger partial charge < -0.3 is 0 Å². The predicted molar refractivity (Wildman–Crippen MR) is 63.2 cm³/mol. The fraction of sp³-hybridized carbons (Fsp3) is 0.500. The van der Waals surface area contributed by atoms with E-state index in [1.807, 2.05) is 0 Å². The van der Waals surface area contributed by atoms with Gasteiger partial charge in [0.2, 0.25) is 0 Å². The van der Waals surface area contributed by atoms with Crippen LogP contribution in [0, 0.1) is 5.92 Å². The SMILES string of the molecule is C[C](C)CCCCCc1ccccc1. The lowest BCUT2D eigenvalue weighted by atomic mass is 10.0. The van der Waals surface area contributed by atoms with E-state index in [1.54, 1.807) is 5.92 Å². The number of rotatable bonds is 6. The van der Waals surface area contributed by atoms with Gasteiger partial charge in [0.05, 0.1) is 0 Å². The maximum Gasteiger partial charge on any atom is -0.0279 e. The molecule has 0 bridgehead atoms. The molecule has 14 heavy (non-hydrogen) atoms. The van der Waals surface area contributed by atoms with Crippen LogP contribution in [0.15, 0.2) is 30.3 Å². The quantitative estimate of drug-likeness (QED) is 0.582. The standard InChI is InChI=1S/C14H21/c1-13(2)9-5-3-6-10-14-11-7-4-8-12-14/h4,7-8,11-12H,3,5-6,9-10H2,1-2H3. The van der Waals surface area contributed by atoms with Gasteiger partial charge in [-0.2, -0.15) is 0 Å². The average Bonchev–Trinajstić information content (AvgIpc) is 2.18. The van der Waals surface area contributed by atoms with Crippen LogP contribution in [0.25, 0.3) is 0 Å². The average molecular weight is 189 g/mol. The van der Waals surface area contributed by atoms with E-state index in [1.165, 1.54) is 37.7 Å². The Labute approximate surface area is 88.4 Å². The second kappa shape index (κ2) is 6.64. The summed E-state index contributed by atoms with van der Waals surface area (Å²) in [6.07, 6.45) is 6.59. The van der Waals surface area contributed by atoms with Crippen LogP contribution in [0.2, 0.25) is 0 Å². The predicted octanol–water partition coefficient (Wildman–Crippen LogP) is 4.40. The third-order valence-corrected chi connectivity index (χ3v) is 2.49. The van der Waals surface area contributed by atoms with Crippen LogP contribution in [0.3, 0.4) is 0 Å². The minimum absolute atomic E-state index is 1.24. The molecule has 0 heteroatoms. The molecule has 0 N–H and O–H groups in total. The molecule has 0 aliphatic rings. The van der Waals surface area contributed by atoms with Crippen LogP contribution in [0.5, 0.6) is 0 Å². The van der Waals surface area contributed by atoms with E-state index in [4.69, 9.17) is 0 Å². The van der Waals surface area contributed by atoms with Crippen LogP contribution in [-0.2, 0) is 6.42 Å². The summed E-state index contributed by atoms with van der Waals surface area (Å²) in [5.41, 5.74) is 1.48. The monoisotopic (exact) mass is 189 g/mol. The summed E-state index contributed by atoms with van der Waals surface area (Å²) >= 11 is 0. The molecule has 1 aromatic carbocycles. The van der Waals surface area contributed by atoms with Gasteiger partial charge in [-0.15, -0.1) is 0 Å². The lowest BCUT2D eigenvalue weighted by molar-refractivity contribution is 0.649. The molecule has 1 rings (SSSR count). The van der Waals surface area contributed by atoms with Gasteiger partial charge in [0, 0.05) is 0 Å². The Balaban J connectivity index is 2.05. The molecule has 0 unspecified atom stereocenters. The molecule has 0 aliphatic heterocycles. The zero-order chi connectivity index (χ0) is 10.2. The van der Waals surface area contributed by atoms with E-state index in [0.29, 0.717) is 0 Å².